The van der Waals surface area contributed by atoms with Crippen molar-refractivity contribution in [2.75, 3.05) is 30.4 Å². The van der Waals surface area contributed by atoms with Crippen LogP contribution >= 0.6 is 0 Å². The van der Waals surface area contributed by atoms with Crippen molar-refractivity contribution in [1.29, 1.82) is 0 Å². The summed E-state index contributed by atoms with van der Waals surface area (Å²) in [6, 6.07) is 6.70. The Labute approximate surface area is 92.3 Å². The van der Waals surface area contributed by atoms with Crippen LogP contribution in [0.3, 0.4) is 0 Å². The van der Waals surface area contributed by atoms with Crippen LogP contribution in [0, 0.1) is 0 Å². The summed E-state index contributed by atoms with van der Waals surface area (Å²) < 4.78 is 0. The zero-order chi connectivity index (χ0) is 10.7. The second kappa shape index (κ2) is 4.56. The van der Waals surface area contributed by atoms with Crippen molar-refractivity contribution >= 4 is 11.4 Å². The topological polar surface area (TPSA) is 15.3 Å². The first-order valence-corrected chi connectivity index (χ1v) is 5.90. The summed E-state index contributed by atoms with van der Waals surface area (Å²) in [7, 11) is 1.98. The summed E-state index contributed by atoms with van der Waals surface area (Å²) in [5.41, 5.74) is 4.12. The van der Waals surface area contributed by atoms with Crippen molar-refractivity contribution in [3.8, 4) is 0 Å². The third kappa shape index (κ3) is 2.09. The van der Waals surface area contributed by atoms with Crippen LogP contribution in [0.5, 0.6) is 0 Å². The molecular formula is C13H20N2. The molecule has 0 atom stereocenters. The normalized spacial score (nSPS) is 15.7. The van der Waals surface area contributed by atoms with E-state index in [2.05, 4.69) is 35.3 Å². The number of hydrogen-bond donors (Lipinski definition) is 1. The Hall–Kier alpha value is -1.18. The molecule has 0 radical (unpaired) electrons. The molecule has 1 N–H and O–H groups in total. The molecule has 1 aromatic rings. The predicted molar refractivity (Wildman–Crippen MR) is 66.8 cm³/mol. The van der Waals surface area contributed by atoms with Gasteiger partial charge in [0.15, 0.2) is 0 Å². The molecule has 1 heterocycles. The molecule has 0 unspecified atom stereocenters. The molecule has 0 saturated carbocycles. The lowest BCUT2D eigenvalue weighted by atomic mass is 10.1. The highest BCUT2D eigenvalue weighted by Crippen LogP contribution is 2.28. The van der Waals surface area contributed by atoms with Gasteiger partial charge in [-0.15, -0.1) is 0 Å². The third-order valence-electron chi connectivity index (χ3n) is 3.20. The van der Waals surface area contributed by atoms with Crippen molar-refractivity contribution in [2.24, 2.45) is 0 Å². The Morgan fingerprint density at radius 1 is 1.27 bits per heavy atom. The minimum atomic E-state index is 1.12. The maximum atomic E-state index is 3.22. The number of aryl methyl sites for hydroxylation is 1. The summed E-state index contributed by atoms with van der Waals surface area (Å²) in [6.45, 7) is 4.67. The average molecular weight is 204 g/mol. The lowest BCUT2D eigenvalue weighted by Crippen LogP contribution is -2.19. The van der Waals surface area contributed by atoms with Crippen LogP contribution in [-0.4, -0.2) is 20.1 Å². The molecule has 2 heteroatoms. The van der Waals surface area contributed by atoms with Crippen molar-refractivity contribution in [2.45, 2.75) is 26.2 Å². The predicted octanol–water partition coefficient (Wildman–Crippen LogP) is 2.89. The third-order valence-corrected chi connectivity index (χ3v) is 3.20. The van der Waals surface area contributed by atoms with E-state index in [1.54, 1.807) is 0 Å². The standard InChI is InChI=1S/C13H20N2/c1-3-11-6-7-12(14-2)10-13(11)15-8-4-5-9-15/h6-7,10,14H,3-5,8-9H2,1-2H3. The summed E-state index contributed by atoms with van der Waals surface area (Å²) >= 11 is 0. The van der Waals surface area contributed by atoms with Crippen LogP contribution in [0.4, 0.5) is 11.4 Å². The highest BCUT2D eigenvalue weighted by molar-refractivity contribution is 5.63. The van der Waals surface area contributed by atoms with E-state index in [0.29, 0.717) is 0 Å². The number of anilines is 2. The van der Waals surface area contributed by atoms with Crippen LogP contribution in [-0.2, 0) is 6.42 Å². The lowest BCUT2D eigenvalue weighted by molar-refractivity contribution is 0.948. The second-order valence-corrected chi connectivity index (χ2v) is 4.14. The number of nitrogens with one attached hydrogen (secondary N) is 1. The van der Waals surface area contributed by atoms with Gasteiger partial charge < -0.3 is 10.2 Å². The van der Waals surface area contributed by atoms with Gasteiger partial charge >= 0.3 is 0 Å². The van der Waals surface area contributed by atoms with Gasteiger partial charge in [0.05, 0.1) is 0 Å². The molecule has 2 nitrogen and oxygen atoms in total. The lowest BCUT2D eigenvalue weighted by Gasteiger charge is -2.22. The largest absolute Gasteiger partial charge is 0.388 e. The van der Waals surface area contributed by atoms with Crippen molar-refractivity contribution in [3.63, 3.8) is 0 Å². The number of nitrogens with zero attached hydrogens (tertiary/aromatic N) is 1. The highest BCUT2D eigenvalue weighted by Gasteiger charge is 2.15. The summed E-state index contributed by atoms with van der Waals surface area (Å²) in [5.74, 6) is 0. The van der Waals surface area contributed by atoms with Crippen molar-refractivity contribution in [1.82, 2.24) is 0 Å². The Kier molecular flexibility index (Phi) is 3.14. The van der Waals surface area contributed by atoms with Crippen LogP contribution in [0.25, 0.3) is 0 Å². The minimum absolute atomic E-state index is 1.12. The Bertz CT molecular complexity index is 327. The minimum Gasteiger partial charge on any atom is -0.388 e. The molecule has 82 valence electrons. The molecule has 0 aromatic heterocycles. The van der Waals surface area contributed by atoms with Gasteiger partial charge in [0.25, 0.3) is 0 Å². The summed E-state index contributed by atoms with van der Waals surface area (Å²) in [5, 5.41) is 3.22. The molecule has 0 bridgehead atoms. The zero-order valence-corrected chi connectivity index (χ0v) is 9.71. The van der Waals surface area contributed by atoms with E-state index in [0.717, 1.165) is 6.42 Å². The van der Waals surface area contributed by atoms with Crippen LogP contribution in [0.2, 0.25) is 0 Å². The van der Waals surface area contributed by atoms with Gasteiger partial charge in [-0.3, -0.25) is 0 Å². The fourth-order valence-electron chi connectivity index (χ4n) is 2.27. The first-order valence-electron chi connectivity index (χ1n) is 5.90. The van der Waals surface area contributed by atoms with E-state index in [4.69, 9.17) is 0 Å². The Morgan fingerprint density at radius 3 is 2.60 bits per heavy atom. The van der Waals surface area contributed by atoms with Gasteiger partial charge in [-0.2, -0.15) is 0 Å². The van der Waals surface area contributed by atoms with E-state index in [9.17, 15) is 0 Å². The van der Waals surface area contributed by atoms with Gasteiger partial charge in [-0.1, -0.05) is 13.0 Å². The van der Waals surface area contributed by atoms with Gasteiger partial charge in [0.1, 0.15) is 0 Å². The molecule has 1 saturated heterocycles. The fourth-order valence-corrected chi connectivity index (χ4v) is 2.27. The van der Waals surface area contributed by atoms with Crippen LogP contribution in [0.15, 0.2) is 18.2 Å². The van der Waals surface area contributed by atoms with Crippen LogP contribution in [0.1, 0.15) is 25.3 Å². The number of hydrogen-bond acceptors (Lipinski definition) is 2. The van der Waals surface area contributed by atoms with E-state index in [1.807, 2.05) is 7.05 Å². The van der Waals surface area contributed by atoms with Crippen molar-refractivity contribution < 1.29 is 0 Å². The van der Waals surface area contributed by atoms with Crippen molar-refractivity contribution in [3.05, 3.63) is 23.8 Å². The van der Waals surface area contributed by atoms with Crippen LogP contribution < -0.4 is 10.2 Å². The maximum Gasteiger partial charge on any atom is 0.0419 e. The van der Waals surface area contributed by atoms with Gasteiger partial charge in [0.2, 0.25) is 0 Å². The molecular weight excluding hydrogens is 184 g/mol. The van der Waals surface area contributed by atoms with Gasteiger partial charge in [-0.25, -0.2) is 0 Å². The first-order chi connectivity index (χ1) is 7.35. The first kappa shape index (κ1) is 10.3. The molecule has 15 heavy (non-hydrogen) atoms. The summed E-state index contributed by atoms with van der Waals surface area (Å²) in [6.07, 6.45) is 3.80. The zero-order valence-electron chi connectivity index (χ0n) is 9.71. The van der Waals surface area contributed by atoms with Gasteiger partial charge in [-0.05, 0) is 37.0 Å². The second-order valence-electron chi connectivity index (χ2n) is 4.14. The van der Waals surface area contributed by atoms with E-state index >= 15 is 0 Å². The average Bonchev–Trinajstić information content (AvgIpc) is 2.81. The molecule has 1 aliphatic heterocycles. The Balaban J connectivity index is 2.32. The molecule has 0 amide bonds. The quantitative estimate of drug-likeness (QED) is 0.814. The monoisotopic (exact) mass is 204 g/mol. The van der Waals surface area contributed by atoms with E-state index < -0.39 is 0 Å². The number of benzene rings is 1. The van der Waals surface area contributed by atoms with E-state index in [-0.39, 0.29) is 0 Å². The molecule has 1 fully saturated rings. The molecule has 2 rings (SSSR count). The Morgan fingerprint density at radius 2 is 2.00 bits per heavy atom. The fraction of sp³-hybridized carbons (Fsp3) is 0.538. The molecule has 1 aromatic carbocycles. The maximum absolute atomic E-state index is 3.22. The number of rotatable bonds is 3. The SMILES string of the molecule is CCc1ccc(NC)cc1N1CCCC1. The molecule has 0 aliphatic carbocycles. The van der Waals surface area contributed by atoms with Gasteiger partial charge in [0, 0.05) is 31.5 Å². The molecule has 0 spiro atoms. The summed E-state index contributed by atoms with van der Waals surface area (Å²) in [4.78, 5) is 2.51. The molecule has 1 aliphatic rings. The van der Waals surface area contributed by atoms with E-state index in [1.165, 1.54) is 42.9 Å². The smallest absolute Gasteiger partial charge is 0.0419 e. The highest BCUT2D eigenvalue weighted by atomic mass is 15.1.